The van der Waals surface area contributed by atoms with Crippen molar-refractivity contribution in [3.63, 3.8) is 0 Å². The van der Waals surface area contributed by atoms with E-state index in [9.17, 15) is 14.3 Å². The highest BCUT2D eigenvalue weighted by atomic mass is 31.2. The third kappa shape index (κ3) is 41.1. The quantitative estimate of drug-likeness (QED) is 0.0219. The van der Waals surface area contributed by atoms with E-state index in [1.54, 1.807) is 0 Å². The van der Waals surface area contributed by atoms with Gasteiger partial charge in [0, 0.05) is 13.0 Å². The Balaban J connectivity index is 4.28. The van der Waals surface area contributed by atoms with Crippen LogP contribution in [-0.4, -0.2) is 75.6 Å². The summed E-state index contributed by atoms with van der Waals surface area (Å²) in [5.41, 5.74) is 0. The minimum Gasteiger partial charge on any atom is -0.457 e. The van der Waals surface area contributed by atoms with Crippen molar-refractivity contribution in [1.29, 1.82) is 0 Å². The van der Waals surface area contributed by atoms with Crippen molar-refractivity contribution in [3.05, 3.63) is 72.9 Å². The van der Waals surface area contributed by atoms with Gasteiger partial charge in [-0.25, -0.2) is 4.57 Å². The Morgan fingerprint density at radius 2 is 1.07 bits per heavy atom. The highest BCUT2D eigenvalue weighted by Crippen LogP contribution is 2.43. The number of quaternary nitrogens is 1. The molecule has 0 rings (SSSR count). The average Bonchev–Trinajstić information content (AvgIpc) is 3.12. The number of esters is 1. The number of unbranched alkanes of at least 4 members (excludes halogenated alkanes) is 12. The molecule has 0 aliphatic rings. The number of rotatable bonds is 38. The molecule has 0 spiro atoms. The molecule has 0 aromatic heterocycles. The number of likely N-dealkylation sites (N-methyl/N-ethyl adjacent to an activating group) is 1. The van der Waals surface area contributed by atoms with Crippen molar-refractivity contribution in [2.24, 2.45) is 0 Å². The highest BCUT2D eigenvalue weighted by Gasteiger charge is 2.26. The van der Waals surface area contributed by atoms with Crippen LogP contribution < -0.4 is 0 Å². The number of phosphoric ester groups is 1. The fourth-order valence-electron chi connectivity index (χ4n) is 5.26. The lowest BCUT2D eigenvalue weighted by Crippen LogP contribution is -2.37. The van der Waals surface area contributed by atoms with Crippen LogP contribution in [-0.2, 0) is 27.9 Å². The third-order valence-corrected chi connectivity index (χ3v) is 9.52. The van der Waals surface area contributed by atoms with E-state index in [1.807, 2.05) is 21.1 Å². The van der Waals surface area contributed by atoms with Gasteiger partial charge in [-0.2, -0.15) is 0 Å². The first-order chi connectivity index (χ1) is 26.1. The molecule has 0 amide bonds. The van der Waals surface area contributed by atoms with Crippen LogP contribution in [0.2, 0.25) is 0 Å². The second-order valence-electron chi connectivity index (χ2n) is 15.0. The van der Waals surface area contributed by atoms with Crippen LogP contribution in [0, 0.1) is 0 Å². The van der Waals surface area contributed by atoms with Crippen molar-refractivity contribution in [3.8, 4) is 0 Å². The van der Waals surface area contributed by atoms with Crippen molar-refractivity contribution >= 4 is 13.8 Å². The van der Waals surface area contributed by atoms with Crippen LogP contribution in [0.25, 0.3) is 0 Å². The largest absolute Gasteiger partial charge is 0.472 e. The Morgan fingerprint density at radius 3 is 1.59 bits per heavy atom. The molecule has 0 heterocycles. The Kier molecular flexibility index (Phi) is 36.4. The first-order valence-corrected chi connectivity index (χ1v) is 22.7. The normalized spacial score (nSPS) is 14.6. The van der Waals surface area contributed by atoms with Crippen LogP contribution in [0.3, 0.4) is 0 Å². The molecular formula is C45H81NO7P+. The lowest BCUT2D eigenvalue weighted by atomic mass is 10.1. The predicted molar refractivity (Wildman–Crippen MR) is 228 cm³/mol. The number of phosphoric acid groups is 1. The van der Waals surface area contributed by atoms with E-state index in [1.165, 1.54) is 44.9 Å². The standard InChI is InChI=1S/C45H80NO7P/c1-6-8-10-12-14-16-18-19-20-21-22-23-24-25-26-27-28-29-31-33-35-37-40-50-42-44(43-52-54(48,49)51-41-39-46(3,4)5)53-45(47)38-36-34-32-30-17-15-13-11-9-7-2/h8,10,14,16,19-20,22-23,25-26,28-29,44H,6-7,9,11-13,15,17-18,21,24,27,30-43H2,1-5H3/p+1/b10-8-,16-14-,20-19-,23-22-,26-25-,29-28-. The first kappa shape index (κ1) is 51.9. The number of nitrogens with zero attached hydrogens (tertiary/aromatic N) is 1. The molecule has 0 aromatic rings. The molecule has 2 atom stereocenters. The smallest absolute Gasteiger partial charge is 0.457 e. The maximum Gasteiger partial charge on any atom is 0.472 e. The SMILES string of the molecule is CC/C=C\C/C=C\C/C=C\C/C=C\C/C=C\C/C=C\CCCCCOCC(COP(=O)(O)OCC[N+](C)(C)C)OC(=O)CCCCCCCCCCCC. The van der Waals surface area contributed by atoms with Gasteiger partial charge in [0.15, 0.2) is 0 Å². The first-order valence-electron chi connectivity index (χ1n) is 21.2. The molecule has 0 bridgehead atoms. The molecule has 54 heavy (non-hydrogen) atoms. The van der Waals surface area contributed by atoms with Crippen LogP contribution in [0.15, 0.2) is 72.9 Å². The zero-order valence-corrected chi connectivity index (χ0v) is 36.1. The van der Waals surface area contributed by atoms with Gasteiger partial charge in [0.25, 0.3) is 0 Å². The van der Waals surface area contributed by atoms with Gasteiger partial charge < -0.3 is 18.9 Å². The topological polar surface area (TPSA) is 91.3 Å². The van der Waals surface area contributed by atoms with E-state index in [0.29, 0.717) is 24.1 Å². The number of carbonyl (C=O) groups excluding carboxylic acids is 1. The molecule has 9 heteroatoms. The van der Waals surface area contributed by atoms with Crippen LogP contribution >= 0.6 is 7.82 Å². The van der Waals surface area contributed by atoms with E-state index in [4.69, 9.17) is 18.5 Å². The summed E-state index contributed by atoms with van der Waals surface area (Å²) in [5.74, 6) is -0.332. The van der Waals surface area contributed by atoms with Gasteiger partial charge in [-0.3, -0.25) is 13.8 Å². The molecule has 0 fully saturated rings. The van der Waals surface area contributed by atoms with Gasteiger partial charge >= 0.3 is 13.8 Å². The number of carbonyl (C=O) groups is 1. The summed E-state index contributed by atoms with van der Waals surface area (Å²) in [7, 11) is 1.63. The van der Waals surface area contributed by atoms with Gasteiger partial charge in [0.05, 0.1) is 34.4 Å². The molecule has 1 N–H and O–H groups in total. The van der Waals surface area contributed by atoms with Gasteiger partial charge in [0.1, 0.15) is 19.3 Å². The fourth-order valence-corrected chi connectivity index (χ4v) is 6.00. The molecule has 312 valence electrons. The van der Waals surface area contributed by atoms with E-state index in [-0.39, 0.29) is 25.8 Å². The third-order valence-electron chi connectivity index (χ3n) is 8.53. The molecular weight excluding hydrogens is 697 g/mol. The summed E-state index contributed by atoms with van der Waals surface area (Å²) in [6.45, 7) is 5.39. The van der Waals surface area contributed by atoms with Crippen molar-refractivity contribution in [1.82, 2.24) is 0 Å². The van der Waals surface area contributed by atoms with Crippen LogP contribution in [0.1, 0.15) is 149 Å². The Bertz CT molecular complexity index is 1090. The predicted octanol–water partition coefficient (Wildman–Crippen LogP) is 12.3. The van der Waals surface area contributed by atoms with Crippen molar-refractivity contribution in [2.45, 2.75) is 155 Å². The molecule has 2 unspecified atom stereocenters. The van der Waals surface area contributed by atoms with E-state index >= 15 is 0 Å². The molecule has 8 nitrogen and oxygen atoms in total. The summed E-state index contributed by atoms with van der Waals surface area (Å²) in [5, 5.41) is 0. The minimum atomic E-state index is -4.28. The zero-order chi connectivity index (χ0) is 39.9. The minimum absolute atomic E-state index is 0.0789. The number of ether oxygens (including phenoxy) is 2. The van der Waals surface area contributed by atoms with Gasteiger partial charge in [-0.1, -0.05) is 151 Å². The van der Waals surface area contributed by atoms with Crippen molar-refractivity contribution in [2.75, 3.05) is 54.1 Å². The maximum atomic E-state index is 12.6. The summed E-state index contributed by atoms with van der Waals surface area (Å²) in [6, 6.07) is 0. The van der Waals surface area contributed by atoms with Crippen LogP contribution in [0.5, 0.6) is 0 Å². The molecule has 0 saturated carbocycles. The van der Waals surface area contributed by atoms with Crippen LogP contribution in [0.4, 0.5) is 0 Å². The summed E-state index contributed by atoms with van der Waals surface area (Å²) >= 11 is 0. The Morgan fingerprint density at radius 1 is 0.593 bits per heavy atom. The van der Waals surface area contributed by atoms with E-state index in [0.717, 1.165) is 83.5 Å². The monoisotopic (exact) mass is 779 g/mol. The molecule has 0 saturated heterocycles. The second-order valence-corrected chi connectivity index (χ2v) is 16.4. The van der Waals surface area contributed by atoms with E-state index < -0.39 is 13.9 Å². The molecule has 0 aliphatic heterocycles. The molecule has 0 aliphatic carbocycles. The fraction of sp³-hybridized carbons (Fsp3) is 0.711. The van der Waals surface area contributed by atoms with Gasteiger partial charge in [-0.05, 0) is 64.2 Å². The summed E-state index contributed by atoms with van der Waals surface area (Å²) < 4.78 is 34.9. The second kappa shape index (κ2) is 37.8. The Hall–Kier alpha value is -2.06. The summed E-state index contributed by atoms with van der Waals surface area (Å²) in [6.07, 6.45) is 48.0. The zero-order valence-electron chi connectivity index (χ0n) is 35.2. The number of allylic oxidation sites excluding steroid dienone is 12. The van der Waals surface area contributed by atoms with Gasteiger partial charge in [-0.15, -0.1) is 0 Å². The van der Waals surface area contributed by atoms with E-state index in [2.05, 4.69) is 86.8 Å². The summed E-state index contributed by atoms with van der Waals surface area (Å²) in [4.78, 5) is 22.8. The lowest BCUT2D eigenvalue weighted by Gasteiger charge is -2.24. The molecule has 0 aromatic carbocycles. The maximum absolute atomic E-state index is 12.6. The molecule has 0 radical (unpaired) electrons. The van der Waals surface area contributed by atoms with Gasteiger partial charge in [0.2, 0.25) is 0 Å². The highest BCUT2D eigenvalue weighted by molar-refractivity contribution is 7.47. The average molecular weight is 779 g/mol. The Labute approximate surface area is 332 Å². The lowest BCUT2D eigenvalue weighted by molar-refractivity contribution is -0.870. The number of hydrogen-bond donors (Lipinski definition) is 1. The number of hydrogen-bond acceptors (Lipinski definition) is 6. The van der Waals surface area contributed by atoms with Crippen molar-refractivity contribution < 1.29 is 37.3 Å².